The smallest absolute Gasteiger partial charge is 0.171 e. The van der Waals surface area contributed by atoms with Crippen LogP contribution in [0.5, 0.6) is 0 Å². The van der Waals surface area contributed by atoms with Crippen molar-refractivity contribution in [2.75, 3.05) is 0 Å². The van der Waals surface area contributed by atoms with Crippen LogP contribution in [0, 0.1) is 0 Å². The van der Waals surface area contributed by atoms with Crippen LogP contribution in [-0.2, 0) is 52.5 Å². The molecule has 5 aromatic carbocycles. The molecule has 0 spiro atoms. The Morgan fingerprint density at radius 1 is 0.242 bits per heavy atom. The van der Waals surface area contributed by atoms with E-state index in [1.807, 2.05) is 12.1 Å². The third kappa shape index (κ3) is 11.0. The van der Waals surface area contributed by atoms with Crippen molar-refractivity contribution in [2.45, 2.75) is 209 Å². The van der Waals surface area contributed by atoms with Crippen LogP contribution in [0.4, 0.5) is 0 Å². The fraction of sp³-hybridized carbons (Fsp3) is 0.516. The van der Waals surface area contributed by atoms with E-state index in [0.29, 0.717) is 10.6 Å². The summed E-state index contributed by atoms with van der Waals surface area (Å²) in [7, 11) is -7.77. The first kappa shape index (κ1) is 53.5. The van der Waals surface area contributed by atoms with Gasteiger partial charge in [0.1, 0.15) is 0 Å². The van der Waals surface area contributed by atoms with Crippen molar-refractivity contribution < 1.29 is 9.13 Å². The third-order valence-electron chi connectivity index (χ3n) is 13.6. The molecule has 0 heterocycles. The molecule has 0 aliphatic heterocycles. The van der Waals surface area contributed by atoms with Crippen LogP contribution in [0.2, 0.25) is 0 Å². The van der Waals surface area contributed by atoms with E-state index in [1.54, 1.807) is 0 Å². The zero-order chi connectivity index (χ0) is 50.4. The molecule has 5 rings (SSSR count). The van der Waals surface area contributed by atoms with E-state index in [4.69, 9.17) is 0 Å². The molecule has 0 aliphatic rings. The van der Waals surface area contributed by atoms with E-state index >= 15 is 9.13 Å². The highest BCUT2D eigenvalue weighted by Crippen LogP contribution is 2.52. The van der Waals surface area contributed by atoms with E-state index < -0.39 is 14.3 Å². The Balaban J connectivity index is 2.18. The molecule has 0 N–H and O–H groups in total. The van der Waals surface area contributed by atoms with Crippen LogP contribution in [0.25, 0.3) is 0 Å². The molecule has 0 aromatic heterocycles. The summed E-state index contributed by atoms with van der Waals surface area (Å²) >= 11 is 0. The Morgan fingerprint density at radius 3 is 0.500 bits per heavy atom. The van der Waals surface area contributed by atoms with Crippen molar-refractivity contribution in [2.24, 2.45) is 0 Å². The molecule has 0 atom stereocenters. The molecular formula is C62H88O2P2. The second kappa shape index (κ2) is 17.2. The summed E-state index contributed by atoms with van der Waals surface area (Å²) in [5.41, 5.74) is 7.23. The standard InChI is InChI=1S/C62H88O2P2/c1-55(2,3)41-29-42(56(4,5)6)34-49(33-41)65(63,50-35-43(57(7,8)9)30-44(36-50)58(10,11)12)53-27-25-26-28-54(53)66(64,51-37-45(59(13,14)15)31-46(38-51)60(16,17)18)52-39-47(61(19,20)21)32-48(40-52)62(22,23)24/h25-40H,1-24H3. The van der Waals surface area contributed by atoms with Gasteiger partial charge in [-0.2, -0.15) is 0 Å². The third-order valence-corrected chi connectivity index (χ3v) is 19.9. The Bertz CT molecular complexity index is 2230. The minimum atomic E-state index is -3.89. The molecular weight excluding hydrogens is 839 g/mol. The predicted molar refractivity (Wildman–Crippen MR) is 295 cm³/mol. The highest BCUT2D eigenvalue weighted by Gasteiger charge is 2.43. The number of hydrogen-bond acceptors (Lipinski definition) is 2. The van der Waals surface area contributed by atoms with Crippen LogP contribution in [-0.4, -0.2) is 0 Å². The van der Waals surface area contributed by atoms with Crippen LogP contribution in [0.15, 0.2) is 97.1 Å². The van der Waals surface area contributed by atoms with Crippen molar-refractivity contribution in [1.29, 1.82) is 0 Å². The van der Waals surface area contributed by atoms with Crippen LogP contribution in [0.3, 0.4) is 0 Å². The maximum atomic E-state index is 18.0. The molecule has 0 amide bonds. The topological polar surface area (TPSA) is 34.1 Å². The van der Waals surface area contributed by atoms with Crippen molar-refractivity contribution in [3.8, 4) is 0 Å². The van der Waals surface area contributed by atoms with E-state index in [1.165, 1.54) is 0 Å². The predicted octanol–water partition coefficient (Wildman–Crippen LogP) is 15.3. The Kier molecular flexibility index (Phi) is 13.9. The van der Waals surface area contributed by atoms with E-state index in [0.717, 1.165) is 65.7 Å². The normalized spacial score (nSPS) is 14.2. The molecule has 5 aromatic rings. The first-order valence-corrected chi connectivity index (χ1v) is 27.9. The average Bonchev–Trinajstić information content (AvgIpc) is 3.16. The van der Waals surface area contributed by atoms with Gasteiger partial charge in [-0.3, -0.25) is 0 Å². The van der Waals surface area contributed by atoms with Gasteiger partial charge in [0.2, 0.25) is 0 Å². The zero-order valence-corrected chi connectivity index (χ0v) is 47.7. The number of rotatable bonds is 6. The minimum Gasteiger partial charge on any atom is -0.309 e. The van der Waals surface area contributed by atoms with Gasteiger partial charge >= 0.3 is 0 Å². The van der Waals surface area contributed by atoms with Gasteiger partial charge < -0.3 is 9.13 Å². The summed E-state index contributed by atoms with van der Waals surface area (Å²) in [4.78, 5) is 0. The summed E-state index contributed by atoms with van der Waals surface area (Å²) < 4.78 is 36.1. The molecule has 0 aliphatic carbocycles. The van der Waals surface area contributed by atoms with Crippen LogP contribution >= 0.6 is 14.3 Å². The lowest BCUT2D eigenvalue weighted by molar-refractivity contribution is 0.567. The molecule has 0 bridgehead atoms. The van der Waals surface area contributed by atoms with E-state index in [-0.39, 0.29) is 43.3 Å². The molecule has 2 nitrogen and oxygen atoms in total. The maximum Gasteiger partial charge on any atom is 0.171 e. The monoisotopic (exact) mass is 927 g/mol. The fourth-order valence-electron chi connectivity index (χ4n) is 8.49. The summed E-state index contributed by atoms with van der Waals surface area (Å²) in [6, 6.07) is 35.1. The first-order valence-electron chi connectivity index (χ1n) is 24.5. The number of hydrogen-bond donors (Lipinski definition) is 0. The highest BCUT2D eigenvalue weighted by atomic mass is 31.2. The van der Waals surface area contributed by atoms with E-state index in [2.05, 4.69) is 251 Å². The second-order valence-electron chi connectivity index (χ2n) is 27.8. The molecule has 0 fully saturated rings. The van der Waals surface area contributed by atoms with Gasteiger partial charge in [0, 0.05) is 31.8 Å². The molecule has 0 unspecified atom stereocenters. The summed E-state index contributed by atoms with van der Waals surface area (Å²) in [6.45, 7) is 53.8. The van der Waals surface area contributed by atoms with Crippen LogP contribution in [0.1, 0.15) is 211 Å². The molecule has 0 saturated heterocycles. The van der Waals surface area contributed by atoms with Gasteiger partial charge in [-0.1, -0.05) is 215 Å². The maximum absolute atomic E-state index is 18.0. The van der Waals surface area contributed by atoms with Gasteiger partial charge in [-0.25, -0.2) is 0 Å². The second-order valence-corrected chi connectivity index (χ2v) is 33.2. The summed E-state index contributed by atoms with van der Waals surface area (Å²) in [5, 5.41) is 4.40. The van der Waals surface area contributed by atoms with Gasteiger partial charge in [0.25, 0.3) is 0 Å². The van der Waals surface area contributed by atoms with Crippen molar-refractivity contribution in [3.05, 3.63) is 142 Å². The Labute approximate surface area is 404 Å². The lowest BCUT2D eigenvalue weighted by Crippen LogP contribution is -2.40. The SMILES string of the molecule is CC(C)(C)c1cc(C(C)(C)C)cc(P(=O)(c2cc(C(C)(C)C)cc(C(C)(C)C)c2)c2ccccc2P(=O)(c2cc(C(C)(C)C)cc(C(C)(C)C)c2)c2cc(C(C)(C)C)cc(C(C)(C)C)c2)c1. The molecule has 66 heavy (non-hydrogen) atoms. The van der Waals surface area contributed by atoms with Crippen molar-refractivity contribution >= 4 is 46.1 Å². The minimum absolute atomic E-state index is 0.229. The fourth-order valence-corrected chi connectivity index (χ4v) is 15.0. The lowest BCUT2D eigenvalue weighted by atomic mass is 9.81. The van der Waals surface area contributed by atoms with Gasteiger partial charge in [-0.15, -0.1) is 0 Å². The molecule has 0 radical (unpaired) electrons. The highest BCUT2D eigenvalue weighted by molar-refractivity contribution is 7.90. The van der Waals surface area contributed by atoms with Crippen molar-refractivity contribution in [1.82, 2.24) is 0 Å². The molecule has 358 valence electrons. The Morgan fingerprint density at radius 2 is 0.379 bits per heavy atom. The van der Waals surface area contributed by atoms with Crippen molar-refractivity contribution in [3.63, 3.8) is 0 Å². The number of benzene rings is 5. The largest absolute Gasteiger partial charge is 0.309 e. The lowest BCUT2D eigenvalue weighted by Gasteiger charge is -2.34. The zero-order valence-electron chi connectivity index (χ0n) is 45.9. The first-order chi connectivity index (χ1) is 29.5. The average molecular weight is 927 g/mol. The van der Waals surface area contributed by atoms with Gasteiger partial charge in [-0.05, 0) is 136 Å². The molecule has 0 saturated carbocycles. The van der Waals surface area contributed by atoms with E-state index in [9.17, 15) is 0 Å². The van der Waals surface area contributed by atoms with Gasteiger partial charge in [0.15, 0.2) is 14.3 Å². The quantitative estimate of drug-likeness (QED) is 0.159. The summed E-state index contributed by atoms with van der Waals surface area (Å²) in [6.07, 6.45) is 0. The Hall–Kier alpha value is -3.44. The van der Waals surface area contributed by atoms with Gasteiger partial charge in [0.05, 0.1) is 0 Å². The molecule has 4 heteroatoms. The van der Waals surface area contributed by atoms with Crippen LogP contribution < -0.4 is 31.8 Å². The summed E-state index contributed by atoms with van der Waals surface area (Å²) in [5.74, 6) is 0.